The molecule has 1 aromatic rings. The number of likely N-dealkylation sites (tertiary alicyclic amines) is 1. The number of piperidine rings is 1. The largest absolute Gasteiger partial charge is 0.352 e. The Kier molecular flexibility index (Phi) is 6.99. The van der Waals surface area contributed by atoms with Gasteiger partial charge in [-0.25, -0.2) is 0 Å². The van der Waals surface area contributed by atoms with Gasteiger partial charge in [0.05, 0.1) is 12.6 Å². The average molecular weight is 350 g/mol. The van der Waals surface area contributed by atoms with Gasteiger partial charge in [-0.3, -0.25) is 14.5 Å². The van der Waals surface area contributed by atoms with Gasteiger partial charge in [-0.1, -0.05) is 12.1 Å². The monoisotopic (exact) mass is 349 g/mol. The Hall–Kier alpha value is -1.66. The summed E-state index contributed by atoms with van der Waals surface area (Å²) in [6, 6.07) is 3.99. The molecule has 2 rings (SSSR count). The summed E-state index contributed by atoms with van der Waals surface area (Å²) in [4.78, 5) is 29.4. The van der Waals surface area contributed by atoms with Crippen LogP contribution in [0.5, 0.6) is 0 Å². The Morgan fingerprint density at radius 3 is 3.00 bits per heavy atom. The fraction of sp³-hybridized carbons (Fsp3) is 0.556. The summed E-state index contributed by atoms with van der Waals surface area (Å²) in [5.74, 6) is 0.110. The van der Waals surface area contributed by atoms with E-state index in [4.69, 9.17) is 0 Å². The Bertz CT molecular complexity index is 559. The predicted molar refractivity (Wildman–Crippen MR) is 97.8 cm³/mol. The van der Waals surface area contributed by atoms with Gasteiger partial charge in [0.1, 0.15) is 0 Å². The normalized spacial score (nSPS) is 19.5. The number of thiophene rings is 1. The molecule has 1 aromatic heterocycles. The molecular weight excluding hydrogens is 322 g/mol. The molecule has 0 saturated carbocycles. The Morgan fingerprint density at radius 2 is 2.38 bits per heavy atom. The zero-order valence-corrected chi connectivity index (χ0v) is 15.3. The van der Waals surface area contributed by atoms with Gasteiger partial charge in [0.15, 0.2) is 0 Å². The molecule has 1 N–H and O–H groups in total. The highest BCUT2D eigenvalue weighted by molar-refractivity contribution is 7.09. The van der Waals surface area contributed by atoms with E-state index in [1.165, 1.54) is 4.88 Å². The van der Waals surface area contributed by atoms with Crippen LogP contribution < -0.4 is 5.32 Å². The van der Waals surface area contributed by atoms with Crippen molar-refractivity contribution in [2.45, 2.75) is 45.3 Å². The molecule has 0 radical (unpaired) electrons. The van der Waals surface area contributed by atoms with Crippen molar-refractivity contribution >= 4 is 23.2 Å². The van der Waals surface area contributed by atoms with Gasteiger partial charge < -0.3 is 10.2 Å². The van der Waals surface area contributed by atoms with Crippen molar-refractivity contribution in [2.75, 3.05) is 19.6 Å². The third kappa shape index (κ3) is 5.18. The van der Waals surface area contributed by atoms with Crippen LogP contribution in [0.25, 0.3) is 0 Å². The molecular formula is C18H27N3O2S. The molecule has 2 unspecified atom stereocenters. The molecule has 0 aromatic carbocycles. The summed E-state index contributed by atoms with van der Waals surface area (Å²) >= 11 is 1.66. The second kappa shape index (κ2) is 8.99. The highest BCUT2D eigenvalue weighted by Gasteiger charge is 2.30. The fourth-order valence-electron chi connectivity index (χ4n) is 3.16. The number of nitrogens with one attached hydrogen (secondary N) is 1. The molecule has 0 bridgehead atoms. The molecule has 0 spiro atoms. The number of nitrogens with zero attached hydrogens (tertiary/aromatic N) is 2. The summed E-state index contributed by atoms with van der Waals surface area (Å²) in [6.07, 6.45) is 3.74. The van der Waals surface area contributed by atoms with E-state index in [9.17, 15) is 9.59 Å². The third-order valence-electron chi connectivity index (χ3n) is 4.35. The minimum atomic E-state index is -0.193. The summed E-state index contributed by atoms with van der Waals surface area (Å²) in [7, 11) is 0. The van der Waals surface area contributed by atoms with Crippen LogP contribution in [0.15, 0.2) is 30.2 Å². The first-order chi connectivity index (χ1) is 11.5. The van der Waals surface area contributed by atoms with Crippen molar-refractivity contribution in [3.8, 4) is 0 Å². The van der Waals surface area contributed by atoms with Crippen LogP contribution in [0.1, 0.15) is 31.6 Å². The van der Waals surface area contributed by atoms with Crippen molar-refractivity contribution in [3.05, 3.63) is 35.0 Å². The van der Waals surface area contributed by atoms with Gasteiger partial charge >= 0.3 is 0 Å². The highest BCUT2D eigenvalue weighted by atomic mass is 32.1. The SMILES string of the molecule is C=CCN(Cc1cccs1)C(=O)C(C)N1CCCC(NC(C)=O)C1. The quantitative estimate of drug-likeness (QED) is 0.768. The minimum absolute atomic E-state index is 0.00758. The second-order valence-corrected chi connectivity index (χ2v) is 7.33. The van der Waals surface area contributed by atoms with Crippen molar-refractivity contribution in [2.24, 2.45) is 0 Å². The number of hydrogen-bond donors (Lipinski definition) is 1. The van der Waals surface area contributed by atoms with E-state index < -0.39 is 0 Å². The molecule has 1 fully saturated rings. The van der Waals surface area contributed by atoms with E-state index in [2.05, 4.69) is 16.8 Å². The Morgan fingerprint density at radius 1 is 1.58 bits per heavy atom. The molecule has 132 valence electrons. The average Bonchev–Trinajstić information content (AvgIpc) is 3.06. The van der Waals surface area contributed by atoms with E-state index in [0.717, 1.165) is 25.9 Å². The predicted octanol–water partition coefficient (Wildman–Crippen LogP) is 2.25. The number of rotatable bonds is 7. The van der Waals surface area contributed by atoms with Crippen molar-refractivity contribution in [1.82, 2.24) is 15.1 Å². The molecule has 1 saturated heterocycles. The lowest BCUT2D eigenvalue weighted by Crippen LogP contribution is -2.54. The second-order valence-electron chi connectivity index (χ2n) is 6.30. The van der Waals surface area contributed by atoms with Crippen LogP contribution in [0, 0.1) is 0 Å². The van der Waals surface area contributed by atoms with Gasteiger partial charge in [-0.2, -0.15) is 0 Å². The molecule has 24 heavy (non-hydrogen) atoms. The first kappa shape index (κ1) is 18.7. The molecule has 5 nitrogen and oxygen atoms in total. The van der Waals surface area contributed by atoms with E-state index in [1.807, 2.05) is 29.3 Å². The van der Waals surface area contributed by atoms with Crippen LogP contribution in [-0.4, -0.2) is 53.3 Å². The van der Waals surface area contributed by atoms with Crippen LogP contribution in [-0.2, 0) is 16.1 Å². The van der Waals surface area contributed by atoms with E-state index in [-0.39, 0.29) is 23.9 Å². The first-order valence-corrected chi connectivity index (χ1v) is 9.32. The van der Waals surface area contributed by atoms with Gasteiger partial charge in [0, 0.05) is 30.9 Å². The summed E-state index contributed by atoms with van der Waals surface area (Å²) < 4.78 is 0. The van der Waals surface area contributed by atoms with Gasteiger partial charge in [0.25, 0.3) is 0 Å². The molecule has 2 heterocycles. The lowest BCUT2D eigenvalue weighted by Gasteiger charge is -2.38. The van der Waals surface area contributed by atoms with Crippen molar-refractivity contribution < 1.29 is 9.59 Å². The molecule has 2 amide bonds. The maximum Gasteiger partial charge on any atom is 0.240 e. The maximum atomic E-state index is 12.9. The van der Waals surface area contributed by atoms with E-state index >= 15 is 0 Å². The zero-order chi connectivity index (χ0) is 17.5. The lowest BCUT2D eigenvalue weighted by molar-refractivity contribution is -0.137. The lowest BCUT2D eigenvalue weighted by atomic mass is 10.0. The number of hydrogen-bond acceptors (Lipinski definition) is 4. The topological polar surface area (TPSA) is 52.7 Å². The zero-order valence-electron chi connectivity index (χ0n) is 14.5. The van der Waals surface area contributed by atoms with Crippen molar-refractivity contribution in [1.29, 1.82) is 0 Å². The molecule has 0 aliphatic carbocycles. The van der Waals surface area contributed by atoms with Crippen LogP contribution in [0.4, 0.5) is 0 Å². The molecule has 2 atom stereocenters. The Balaban J connectivity index is 1.99. The highest BCUT2D eigenvalue weighted by Crippen LogP contribution is 2.17. The van der Waals surface area contributed by atoms with Gasteiger partial charge in [0.2, 0.25) is 11.8 Å². The standard InChI is InChI=1S/C18H27N3O2S/c1-4-9-21(13-17-8-6-11-24-17)18(23)14(2)20-10-5-7-16(12-20)19-15(3)22/h4,6,8,11,14,16H,1,5,7,9-10,12-13H2,2-3H3,(H,19,22). The molecule has 6 heteroatoms. The third-order valence-corrected chi connectivity index (χ3v) is 5.21. The smallest absolute Gasteiger partial charge is 0.240 e. The number of amides is 2. The van der Waals surface area contributed by atoms with Crippen LogP contribution in [0.3, 0.4) is 0 Å². The first-order valence-electron chi connectivity index (χ1n) is 8.44. The van der Waals surface area contributed by atoms with Gasteiger partial charge in [-0.15, -0.1) is 17.9 Å². The maximum absolute atomic E-state index is 12.9. The van der Waals surface area contributed by atoms with E-state index in [0.29, 0.717) is 13.1 Å². The minimum Gasteiger partial charge on any atom is -0.352 e. The molecule has 1 aliphatic heterocycles. The van der Waals surface area contributed by atoms with Crippen LogP contribution in [0.2, 0.25) is 0 Å². The summed E-state index contributed by atoms with van der Waals surface area (Å²) in [5, 5.41) is 5.00. The summed E-state index contributed by atoms with van der Waals surface area (Å²) in [6.45, 7) is 10.1. The molecule has 1 aliphatic rings. The van der Waals surface area contributed by atoms with E-state index in [1.54, 1.807) is 24.3 Å². The fourth-order valence-corrected chi connectivity index (χ4v) is 3.88. The summed E-state index contributed by atoms with van der Waals surface area (Å²) in [5.41, 5.74) is 0. The Labute approximate surface area is 148 Å². The number of carbonyl (C=O) groups is 2. The number of carbonyl (C=O) groups excluding carboxylic acids is 2. The van der Waals surface area contributed by atoms with Crippen LogP contribution >= 0.6 is 11.3 Å². The van der Waals surface area contributed by atoms with Crippen molar-refractivity contribution in [3.63, 3.8) is 0 Å². The van der Waals surface area contributed by atoms with Gasteiger partial charge in [-0.05, 0) is 37.8 Å².